The summed E-state index contributed by atoms with van der Waals surface area (Å²) in [5.41, 5.74) is 0.625. The number of hydrogen-bond acceptors (Lipinski definition) is 5. The Morgan fingerprint density at radius 2 is 2.22 bits per heavy atom. The lowest BCUT2D eigenvalue weighted by Crippen LogP contribution is -2.08. The highest BCUT2D eigenvalue weighted by molar-refractivity contribution is 5.01. The van der Waals surface area contributed by atoms with Gasteiger partial charge in [0.15, 0.2) is 5.82 Å². The normalized spacial score (nSPS) is 14.9. The van der Waals surface area contributed by atoms with Crippen LogP contribution in [0.3, 0.4) is 0 Å². The van der Waals surface area contributed by atoms with Gasteiger partial charge < -0.3 is 4.52 Å². The van der Waals surface area contributed by atoms with Crippen LogP contribution in [0.1, 0.15) is 30.3 Å². The maximum Gasteiger partial charge on any atom is 0.264 e. The summed E-state index contributed by atoms with van der Waals surface area (Å²) in [6.07, 6.45) is 4.83. The average Bonchev–Trinajstić information content (AvgIpc) is 3.07. The summed E-state index contributed by atoms with van der Waals surface area (Å²) in [6, 6.07) is 3.18. The lowest BCUT2D eigenvalue weighted by atomic mass is 10.2. The van der Waals surface area contributed by atoms with Crippen molar-refractivity contribution in [2.45, 2.75) is 32.1 Å². The Labute approximate surface area is 103 Å². The van der Waals surface area contributed by atoms with Gasteiger partial charge in [-0.2, -0.15) is 10.1 Å². The molecule has 6 heteroatoms. The summed E-state index contributed by atoms with van der Waals surface area (Å²) in [7, 11) is 0. The number of rotatable bonds is 5. The molecule has 2 heterocycles. The fourth-order valence-corrected chi connectivity index (χ4v) is 1.80. The van der Waals surface area contributed by atoms with E-state index in [4.69, 9.17) is 4.52 Å². The van der Waals surface area contributed by atoms with Gasteiger partial charge in [0.25, 0.3) is 5.56 Å². The molecule has 0 spiro atoms. The largest absolute Gasteiger partial charge is 0.339 e. The van der Waals surface area contributed by atoms with Gasteiger partial charge >= 0.3 is 0 Å². The van der Waals surface area contributed by atoms with Crippen molar-refractivity contribution in [1.82, 2.24) is 20.3 Å². The first-order valence-electron chi connectivity index (χ1n) is 6.15. The number of aryl methyl sites for hydroxylation is 2. The van der Waals surface area contributed by atoms with Crippen molar-refractivity contribution in [2.24, 2.45) is 5.92 Å². The number of aromatic amines is 1. The van der Waals surface area contributed by atoms with Crippen LogP contribution in [0.5, 0.6) is 0 Å². The van der Waals surface area contributed by atoms with Crippen LogP contribution in [-0.2, 0) is 19.3 Å². The van der Waals surface area contributed by atoms with Gasteiger partial charge in [0, 0.05) is 25.3 Å². The Morgan fingerprint density at radius 3 is 2.94 bits per heavy atom. The number of nitrogens with zero attached hydrogens (tertiary/aromatic N) is 3. The third-order valence-corrected chi connectivity index (χ3v) is 3.01. The van der Waals surface area contributed by atoms with Crippen molar-refractivity contribution in [3.63, 3.8) is 0 Å². The lowest BCUT2D eigenvalue weighted by molar-refractivity contribution is 0.372. The van der Waals surface area contributed by atoms with Gasteiger partial charge in [-0.1, -0.05) is 5.16 Å². The maximum absolute atomic E-state index is 10.8. The molecule has 0 aromatic carbocycles. The number of hydrogen-bond donors (Lipinski definition) is 1. The van der Waals surface area contributed by atoms with Crippen molar-refractivity contribution >= 4 is 0 Å². The Hall–Kier alpha value is -1.98. The van der Waals surface area contributed by atoms with E-state index >= 15 is 0 Å². The van der Waals surface area contributed by atoms with E-state index in [-0.39, 0.29) is 5.56 Å². The Balaban J connectivity index is 1.57. The summed E-state index contributed by atoms with van der Waals surface area (Å²) in [5, 5.41) is 10.3. The topological polar surface area (TPSA) is 84.7 Å². The second-order valence-electron chi connectivity index (χ2n) is 4.66. The Kier molecular flexibility index (Phi) is 2.92. The molecule has 94 valence electrons. The van der Waals surface area contributed by atoms with Gasteiger partial charge in [-0.05, 0) is 24.8 Å². The molecule has 1 aliphatic rings. The number of H-pyrrole nitrogens is 1. The van der Waals surface area contributed by atoms with Crippen LogP contribution >= 0.6 is 0 Å². The molecule has 1 N–H and O–H groups in total. The highest BCUT2D eigenvalue weighted by Crippen LogP contribution is 2.31. The summed E-state index contributed by atoms with van der Waals surface area (Å²) in [5.74, 6) is 2.21. The van der Waals surface area contributed by atoms with E-state index in [0.29, 0.717) is 18.7 Å². The van der Waals surface area contributed by atoms with Gasteiger partial charge in [0.2, 0.25) is 5.89 Å². The first-order chi connectivity index (χ1) is 8.79. The molecule has 6 nitrogen and oxygen atoms in total. The third-order valence-electron chi connectivity index (χ3n) is 3.01. The first kappa shape index (κ1) is 11.1. The molecule has 0 unspecified atom stereocenters. The first-order valence-corrected chi connectivity index (χ1v) is 6.15. The molecule has 2 aromatic rings. The van der Waals surface area contributed by atoms with E-state index in [1.165, 1.54) is 18.9 Å². The molecule has 1 saturated carbocycles. The standard InChI is InChI=1S/C12H14N4O2/c17-11-5-3-9(14-15-11)4-6-12-13-10(16-18-12)7-8-1-2-8/h3,5,8H,1-2,4,6-7H2,(H,15,17). The zero-order valence-corrected chi connectivity index (χ0v) is 9.93. The van der Waals surface area contributed by atoms with E-state index in [2.05, 4.69) is 20.3 Å². The quantitative estimate of drug-likeness (QED) is 0.846. The average molecular weight is 246 g/mol. The van der Waals surface area contributed by atoms with E-state index in [9.17, 15) is 4.79 Å². The smallest absolute Gasteiger partial charge is 0.264 e. The van der Waals surface area contributed by atoms with Crippen molar-refractivity contribution in [3.8, 4) is 0 Å². The fraction of sp³-hybridized carbons (Fsp3) is 0.500. The van der Waals surface area contributed by atoms with Crippen LogP contribution in [0.4, 0.5) is 0 Å². The monoisotopic (exact) mass is 246 g/mol. The Bertz CT molecular complexity index is 565. The highest BCUT2D eigenvalue weighted by atomic mass is 16.5. The van der Waals surface area contributed by atoms with Gasteiger partial charge in [0.05, 0.1) is 5.69 Å². The van der Waals surface area contributed by atoms with E-state index in [1.54, 1.807) is 6.07 Å². The molecule has 2 aromatic heterocycles. The number of nitrogens with one attached hydrogen (secondary N) is 1. The van der Waals surface area contributed by atoms with Gasteiger partial charge in [0.1, 0.15) is 0 Å². The minimum absolute atomic E-state index is 0.191. The zero-order valence-electron chi connectivity index (χ0n) is 9.93. The molecular weight excluding hydrogens is 232 g/mol. The predicted octanol–water partition coefficient (Wildman–Crippen LogP) is 0.891. The van der Waals surface area contributed by atoms with Crippen molar-refractivity contribution < 1.29 is 4.52 Å². The molecule has 0 radical (unpaired) electrons. The SMILES string of the molecule is O=c1ccc(CCc2nc(CC3CC3)no2)n[nH]1. The second-order valence-corrected chi connectivity index (χ2v) is 4.66. The van der Waals surface area contributed by atoms with E-state index in [1.807, 2.05) is 0 Å². The summed E-state index contributed by atoms with van der Waals surface area (Å²) >= 11 is 0. The minimum Gasteiger partial charge on any atom is -0.339 e. The van der Waals surface area contributed by atoms with Crippen LogP contribution in [0.25, 0.3) is 0 Å². The second kappa shape index (κ2) is 4.72. The van der Waals surface area contributed by atoms with E-state index in [0.717, 1.165) is 23.9 Å². The van der Waals surface area contributed by atoms with Crippen LogP contribution in [0.2, 0.25) is 0 Å². The van der Waals surface area contributed by atoms with Gasteiger partial charge in [-0.15, -0.1) is 0 Å². The van der Waals surface area contributed by atoms with Crippen LogP contribution in [-0.4, -0.2) is 20.3 Å². The van der Waals surface area contributed by atoms with Crippen LogP contribution in [0.15, 0.2) is 21.5 Å². The molecule has 1 fully saturated rings. The molecule has 3 rings (SSSR count). The third kappa shape index (κ3) is 2.82. The summed E-state index contributed by atoms with van der Waals surface area (Å²) in [4.78, 5) is 15.2. The fourth-order valence-electron chi connectivity index (χ4n) is 1.80. The Morgan fingerprint density at radius 1 is 1.33 bits per heavy atom. The molecule has 0 bridgehead atoms. The molecule has 0 saturated heterocycles. The van der Waals surface area contributed by atoms with E-state index < -0.39 is 0 Å². The van der Waals surface area contributed by atoms with Crippen LogP contribution in [0, 0.1) is 5.92 Å². The molecule has 0 atom stereocenters. The van der Waals surface area contributed by atoms with Gasteiger partial charge in [-0.25, -0.2) is 5.10 Å². The maximum atomic E-state index is 10.8. The predicted molar refractivity (Wildman–Crippen MR) is 63.0 cm³/mol. The van der Waals surface area contributed by atoms with Crippen LogP contribution < -0.4 is 5.56 Å². The highest BCUT2D eigenvalue weighted by Gasteiger charge is 2.23. The molecule has 0 amide bonds. The zero-order chi connectivity index (χ0) is 12.4. The minimum atomic E-state index is -0.191. The van der Waals surface area contributed by atoms with Crippen molar-refractivity contribution in [1.29, 1.82) is 0 Å². The molecule has 18 heavy (non-hydrogen) atoms. The van der Waals surface area contributed by atoms with Crippen molar-refractivity contribution in [3.05, 3.63) is 39.9 Å². The van der Waals surface area contributed by atoms with Crippen molar-refractivity contribution in [2.75, 3.05) is 0 Å². The number of aromatic nitrogens is 4. The lowest BCUT2D eigenvalue weighted by Gasteiger charge is -1.94. The summed E-state index contributed by atoms with van der Waals surface area (Å²) < 4.78 is 5.18. The molecule has 0 aliphatic heterocycles. The molecular formula is C12H14N4O2. The van der Waals surface area contributed by atoms with Gasteiger partial charge in [-0.3, -0.25) is 4.79 Å². The molecule has 1 aliphatic carbocycles. The summed E-state index contributed by atoms with van der Waals surface area (Å²) in [6.45, 7) is 0.